The Morgan fingerprint density at radius 2 is 2.18 bits per heavy atom. The van der Waals surface area contributed by atoms with E-state index in [9.17, 15) is 14.7 Å². The van der Waals surface area contributed by atoms with Gasteiger partial charge in [-0.2, -0.15) is 0 Å². The minimum Gasteiger partial charge on any atom is -0.508 e. The van der Waals surface area contributed by atoms with E-state index >= 15 is 0 Å². The molecule has 1 amide bonds. The lowest BCUT2D eigenvalue weighted by atomic mass is 10.0. The lowest BCUT2D eigenvalue weighted by Gasteiger charge is -2.16. The number of H-pyrrole nitrogens is 1. The lowest BCUT2D eigenvalue weighted by Crippen LogP contribution is -2.42. The summed E-state index contributed by atoms with van der Waals surface area (Å²) in [4.78, 5) is 26.7. The van der Waals surface area contributed by atoms with Gasteiger partial charge in [0.1, 0.15) is 11.8 Å². The number of methoxy groups -OCH3 is 1. The van der Waals surface area contributed by atoms with Crippen molar-refractivity contribution in [3.05, 3.63) is 30.0 Å². The number of phenols is 1. The first-order chi connectivity index (χ1) is 10.5. The zero-order valence-corrected chi connectivity index (χ0v) is 12.7. The van der Waals surface area contributed by atoms with Gasteiger partial charge in [-0.1, -0.05) is 6.92 Å². The summed E-state index contributed by atoms with van der Waals surface area (Å²) >= 11 is 0. The van der Waals surface area contributed by atoms with Gasteiger partial charge in [0.15, 0.2) is 0 Å². The fraction of sp³-hybridized carbons (Fsp3) is 0.375. The molecule has 0 aliphatic carbocycles. The zero-order chi connectivity index (χ0) is 16.1. The molecule has 1 aromatic carbocycles. The molecule has 0 saturated carbocycles. The van der Waals surface area contributed by atoms with E-state index in [0.717, 1.165) is 16.5 Å². The number of fused-ring (bicyclic) bond motifs is 1. The molecule has 1 unspecified atom stereocenters. The highest BCUT2D eigenvalue weighted by Gasteiger charge is 2.23. The molecule has 6 nitrogen and oxygen atoms in total. The number of hydrogen-bond donors (Lipinski definition) is 3. The van der Waals surface area contributed by atoms with Gasteiger partial charge in [-0.3, -0.25) is 4.79 Å². The van der Waals surface area contributed by atoms with Gasteiger partial charge in [0.2, 0.25) is 5.91 Å². The summed E-state index contributed by atoms with van der Waals surface area (Å²) in [6.45, 7) is 1.90. The first-order valence-corrected chi connectivity index (χ1v) is 7.21. The third kappa shape index (κ3) is 3.58. The molecule has 1 atom stereocenters. The topological polar surface area (TPSA) is 91.4 Å². The standard InChI is InChI=1S/C16H20N2O4/c1-3-4-15(20)18-14(16(21)22-2)7-10-9-17-13-6-5-11(19)8-12(10)13/h5-6,8-9,14,17,19H,3-4,7H2,1-2H3,(H,18,20). The number of benzene rings is 1. The Morgan fingerprint density at radius 3 is 2.86 bits per heavy atom. The number of ether oxygens (including phenoxy) is 1. The highest BCUT2D eigenvalue weighted by molar-refractivity contribution is 5.87. The van der Waals surface area contributed by atoms with E-state index in [0.29, 0.717) is 19.3 Å². The van der Waals surface area contributed by atoms with E-state index in [1.807, 2.05) is 6.92 Å². The summed E-state index contributed by atoms with van der Waals surface area (Å²) in [5.74, 6) is -0.516. The molecular formula is C16H20N2O4. The maximum absolute atomic E-state index is 11.9. The molecule has 0 spiro atoms. The van der Waals surface area contributed by atoms with Crippen LogP contribution in [0.4, 0.5) is 0 Å². The Labute approximate surface area is 128 Å². The maximum Gasteiger partial charge on any atom is 0.328 e. The molecule has 22 heavy (non-hydrogen) atoms. The third-order valence-electron chi connectivity index (χ3n) is 3.47. The third-order valence-corrected chi connectivity index (χ3v) is 3.47. The van der Waals surface area contributed by atoms with Crippen LogP contribution >= 0.6 is 0 Å². The molecule has 0 saturated heterocycles. The summed E-state index contributed by atoms with van der Waals surface area (Å²) in [7, 11) is 1.29. The van der Waals surface area contributed by atoms with E-state index in [1.54, 1.807) is 24.4 Å². The van der Waals surface area contributed by atoms with Crippen molar-refractivity contribution in [2.75, 3.05) is 7.11 Å². The van der Waals surface area contributed by atoms with Crippen LogP contribution in [0.25, 0.3) is 10.9 Å². The zero-order valence-electron chi connectivity index (χ0n) is 12.7. The van der Waals surface area contributed by atoms with Gasteiger partial charge in [0.05, 0.1) is 7.11 Å². The number of rotatable bonds is 6. The summed E-state index contributed by atoms with van der Waals surface area (Å²) in [5.41, 5.74) is 1.69. The number of aromatic hydroxyl groups is 1. The second-order valence-electron chi connectivity index (χ2n) is 5.14. The largest absolute Gasteiger partial charge is 0.508 e. The van der Waals surface area contributed by atoms with Gasteiger partial charge in [0, 0.05) is 29.9 Å². The summed E-state index contributed by atoms with van der Waals surface area (Å²) in [6.07, 6.45) is 3.14. The quantitative estimate of drug-likeness (QED) is 0.711. The van der Waals surface area contributed by atoms with Crippen molar-refractivity contribution in [3.8, 4) is 5.75 Å². The average Bonchev–Trinajstić information content (AvgIpc) is 2.88. The van der Waals surface area contributed by atoms with Crippen molar-refractivity contribution in [1.82, 2.24) is 10.3 Å². The van der Waals surface area contributed by atoms with Crippen molar-refractivity contribution in [3.63, 3.8) is 0 Å². The molecule has 1 heterocycles. The summed E-state index contributed by atoms with van der Waals surface area (Å²) < 4.78 is 4.76. The van der Waals surface area contributed by atoms with Crippen LogP contribution in [0.2, 0.25) is 0 Å². The van der Waals surface area contributed by atoms with E-state index in [2.05, 4.69) is 10.3 Å². The van der Waals surface area contributed by atoms with Gasteiger partial charge in [-0.15, -0.1) is 0 Å². The molecule has 3 N–H and O–H groups in total. The Kier molecular flexibility index (Phi) is 5.04. The van der Waals surface area contributed by atoms with Crippen molar-refractivity contribution in [2.45, 2.75) is 32.2 Å². The molecule has 6 heteroatoms. The van der Waals surface area contributed by atoms with Gasteiger partial charge in [0.25, 0.3) is 0 Å². The number of amides is 1. The smallest absolute Gasteiger partial charge is 0.328 e. The first-order valence-electron chi connectivity index (χ1n) is 7.21. The number of nitrogens with one attached hydrogen (secondary N) is 2. The molecule has 2 rings (SSSR count). The number of phenolic OH excluding ortho intramolecular Hbond substituents is 1. The monoisotopic (exact) mass is 304 g/mol. The van der Waals surface area contributed by atoms with E-state index in [4.69, 9.17) is 4.74 Å². The van der Waals surface area contributed by atoms with Crippen molar-refractivity contribution in [1.29, 1.82) is 0 Å². The van der Waals surface area contributed by atoms with Gasteiger partial charge in [-0.05, 0) is 30.2 Å². The van der Waals surface area contributed by atoms with Crippen molar-refractivity contribution >= 4 is 22.8 Å². The number of esters is 1. The van der Waals surface area contributed by atoms with Crippen LogP contribution in [0.3, 0.4) is 0 Å². The van der Waals surface area contributed by atoms with Crippen LogP contribution in [0.1, 0.15) is 25.3 Å². The normalized spacial score (nSPS) is 12.1. The molecule has 0 radical (unpaired) electrons. The molecule has 0 aliphatic heterocycles. The van der Waals surface area contributed by atoms with E-state index in [1.165, 1.54) is 7.11 Å². The molecule has 1 aromatic heterocycles. The molecule has 0 bridgehead atoms. The van der Waals surface area contributed by atoms with E-state index in [-0.39, 0.29) is 11.7 Å². The molecular weight excluding hydrogens is 284 g/mol. The van der Waals surface area contributed by atoms with Crippen molar-refractivity contribution < 1.29 is 19.4 Å². The Hall–Kier alpha value is -2.50. The van der Waals surface area contributed by atoms with Crippen molar-refractivity contribution in [2.24, 2.45) is 0 Å². The fourth-order valence-electron chi connectivity index (χ4n) is 2.38. The predicted octanol–water partition coefficient (Wildman–Crippen LogP) is 1.87. The minimum atomic E-state index is -0.745. The lowest BCUT2D eigenvalue weighted by molar-refractivity contribution is -0.145. The Bertz CT molecular complexity index is 678. The van der Waals surface area contributed by atoms with Crippen LogP contribution in [0, 0.1) is 0 Å². The highest BCUT2D eigenvalue weighted by Crippen LogP contribution is 2.24. The first kappa shape index (κ1) is 15.9. The van der Waals surface area contributed by atoms with Gasteiger partial charge in [-0.25, -0.2) is 4.79 Å². The Morgan fingerprint density at radius 1 is 1.41 bits per heavy atom. The summed E-state index contributed by atoms with van der Waals surface area (Å²) in [5, 5.41) is 13.1. The maximum atomic E-state index is 11.9. The van der Waals surface area contributed by atoms with E-state index < -0.39 is 12.0 Å². The Balaban J connectivity index is 2.23. The van der Waals surface area contributed by atoms with Crippen LogP contribution in [-0.4, -0.2) is 35.1 Å². The second-order valence-corrected chi connectivity index (χ2v) is 5.14. The summed E-state index contributed by atoms with van der Waals surface area (Å²) in [6, 6.07) is 4.23. The number of aromatic amines is 1. The minimum absolute atomic E-state index is 0.151. The van der Waals surface area contributed by atoms with Gasteiger partial charge >= 0.3 is 5.97 Å². The van der Waals surface area contributed by atoms with Crippen LogP contribution in [0.5, 0.6) is 5.75 Å². The van der Waals surface area contributed by atoms with Gasteiger partial charge < -0.3 is 20.1 Å². The highest BCUT2D eigenvalue weighted by atomic mass is 16.5. The number of carbonyl (C=O) groups is 2. The second kappa shape index (κ2) is 6.98. The SMILES string of the molecule is CCCC(=O)NC(Cc1c[nH]c2ccc(O)cc12)C(=O)OC. The van der Waals surface area contributed by atoms with Crippen LogP contribution in [-0.2, 0) is 20.7 Å². The number of carbonyl (C=O) groups excluding carboxylic acids is 2. The molecule has 118 valence electrons. The molecule has 2 aromatic rings. The average molecular weight is 304 g/mol. The predicted molar refractivity (Wildman–Crippen MR) is 82.5 cm³/mol. The molecule has 0 aliphatic rings. The number of hydrogen-bond acceptors (Lipinski definition) is 4. The van der Waals surface area contributed by atoms with Crippen LogP contribution < -0.4 is 5.32 Å². The number of aromatic nitrogens is 1. The van der Waals surface area contributed by atoms with Crippen LogP contribution in [0.15, 0.2) is 24.4 Å². The fourth-order valence-corrected chi connectivity index (χ4v) is 2.38. The molecule has 0 fully saturated rings.